The molecule has 0 aromatic rings. The predicted octanol–water partition coefficient (Wildman–Crippen LogP) is -2.37. The number of nitrogens with zero attached hydrogens (tertiary/aromatic N) is 1. The third-order valence-electron chi connectivity index (χ3n) is 4.13. The van der Waals surface area contributed by atoms with E-state index in [9.17, 15) is 10.2 Å². The first-order chi connectivity index (χ1) is 13.4. The predicted molar refractivity (Wildman–Crippen MR) is 121 cm³/mol. The standard InChI is InChI=1S/C11H27NO4Si.C7H19NO2Si/c1-16-9-11(15)7-12(4-3-5-17-2)6-10(14)8-13;1-11-4-2-3-8-5-7(10)6-9/h10-11,13-15H,3-9,17H2,1-2H3;7-10H,2-6,11H2,1H3. The first kappa shape index (κ1) is 30.3. The first-order valence-electron chi connectivity index (χ1n) is 10.6. The van der Waals surface area contributed by atoms with Gasteiger partial charge in [-0.15, -0.1) is 0 Å². The zero-order valence-electron chi connectivity index (χ0n) is 18.2. The van der Waals surface area contributed by atoms with E-state index in [4.69, 9.17) is 20.1 Å². The highest BCUT2D eigenvalue weighted by Gasteiger charge is 2.14. The fraction of sp³-hybridized carbons (Fsp3) is 1.00. The molecule has 10 heteroatoms. The Morgan fingerprint density at radius 2 is 1.46 bits per heavy atom. The zero-order chi connectivity index (χ0) is 21.6. The monoisotopic (exact) mass is 442 g/mol. The van der Waals surface area contributed by atoms with Gasteiger partial charge < -0.3 is 35.6 Å². The second-order valence-electron chi connectivity index (χ2n) is 7.16. The van der Waals surface area contributed by atoms with E-state index in [1.165, 1.54) is 18.5 Å². The molecule has 0 aromatic carbocycles. The molecule has 0 rings (SSSR count). The summed E-state index contributed by atoms with van der Waals surface area (Å²) in [6.45, 7) is 7.72. The van der Waals surface area contributed by atoms with Crippen molar-refractivity contribution >= 4 is 19.0 Å². The van der Waals surface area contributed by atoms with Gasteiger partial charge in [-0.05, 0) is 25.9 Å². The van der Waals surface area contributed by atoms with Crippen molar-refractivity contribution in [2.45, 2.75) is 56.3 Å². The van der Waals surface area contributed by atoms with Gasteiger partial charge in [0.2, 0.25) is 0 Å². The fourth-order valence-corrected chi connectivity index (χ4v) is 4.05. The largest absolute Gasteiger partial charge is 0.394 e. The molecule has 0 aliphatic heterocycles. The SMILES string of the molecule is COCC(O)CN(CCC[SiH2]C)CC(O)CO.C[SiH2]CCCNCC(O)CO. The van der Waals surface area contributed by atoms with E-state index in [1.807, 2.05) is 4.90 Å². The van der Waals surface area contributed by atoms with Gasteiger partial charge in [-0.3, -0.25) is 4.90 Å². The second kappa shape index (κ2) is 23.4. The quantitative estimate of drug-likeness (QED) is 0.103. The molecule has 3 atom stereocenters. The molecule has 8 nitrogen and oxygen atoms in total. The van der Waals surface area contributed by atoms with Crippen LogP contribution in [0.3, 0.4) is 0 Å². The highest BCUT2D eigenvalue weighted by molar-refractivity contribution is 6.33. The Balaban J connectivity index is 0. The van der Waals surface area contributed by atoms with Crippen LogP contribution in [0, 0.1) is 0 Å². The van der Waals surface area contributed by atoms with Crippen molar-refractivity contribution in [3.8, 4) is 0 Å². The van der Waals surface area contributed by atoms with Crippen LogP contribution in [0.2, 0.25) is 25.2 Å². The van der Waals surface area contributed by atoms with Crippen molar-refractivity contribution in [3.63, 3.8) is 0 Å². The van der Waals surface area contributed by atoms with Gasteiger partial charge in [-0.1, -0.05) is 25.2 Å². The van der Waals surface area contributed by atoms with E-state index in [0.29, 0.717) is 26.2 Å². The maximum atomic E-state index is 9.66. The summed E-state index contributed by atoms with van der Waals surface area (Å²) in [6, 6.07) is 2.63. The number of methoxy groups -OCH3 is 1. The summed E-state index contributed by atoms with van der Waals surface area (Å²) in [5.41, 5.74) is 0. The van der Waals surface area contributed by atoms with Crippen molar-refractivity contribution in [3.05, 3.63) is 0 Å². The third kappa shape index (κ3) is 22.4. The molecular weight excluding hydrogens is 396 g/mol. The highest BCUT2D eigenvalue weighted by Crippen LogP contribution is 2.00. The minimum atomic E-state index is -0.733. The Bertz CT molecular complexity index is 309. The van der Waals surface area contributed by atoms with Gasteiger partial charge in [-0.2, -0.15) is 0 Å². The fourth-order valence-electron chi connectivity index (χ4n) is 2.57. The van der Waals surface area contributed by atoms with Crippen LogP contribution in [-0.4, -0.2) is 127 Å². The molecule has 0 bridgehead atoms. The molecule has 0 heterocycles. The molecule has 0 fully saturated rings. The molecular formula is C18H46N2O6Si2. The van der Waals surface area contributed by atoms with Crippen LogP contribution in [0.15, 0.2) is 0 Å². The summed E-state index contributed by atoms with van der Waals surface area (Å²) in [5.74, 6) is 0. The van der Waals surface area contributed by atoms with Gasteiger partial charge in [-0.25, -0.2) is 0 Å². The number of rotatable bonds is 18. The lowest BCUT2D eigenvalue weighted by Crippen LogP contribution is -2.41. The van der Waals surface area contributed by atoms with Crippen LogP contribution >= 0.6 is 0 Å². The lowest BCUT2D eigenvalue weighted by Gasteiger charge is -2.26. The number of ether oxygens (including phenoxy) is 1. The first-order valence-corrected chi connectivity index (χ1v) is 15.5. The van der Waals surface area contributed by atoms with Crippen LogP contribution in [0.4, 0.5) is 0 Å². The number of hydrogen-bond donors (Lipinski definition) is 6. The van der Waals surface area contributed by atoms with Gasteiger partial charge >= 0.3 is 0 Å². The number of aliphatic hydroxyl groups is 5. The summed E-state index contributed by atoms with van der Waals surface area (Å²) >= 11 is 0. The summed E-state index contributed by atoms with van der Waals surface area (Å²) in [7, 11) is 1.84. The van der Waals surface area contributed by atoms with Gasteiger partial charge in [0.05, 0.1) is 38.1 Å². The average molecular weight is 443 g/mol. The molecule has 0 aliphatic carbocycles. The van der Waals surface area contributed by atoms with E-state index in [2.05, 4.69) is 18.4 Å². The summed E-state index contributed by atoms with van der Waals surface area (Å²) < 4.78 is 4.88. The van der Waals surface area contributed by atoms with Crippen LogP contribution in [0.25, 0.3) is 0 Å². The number of nitrogens with one attached hydrogen (secondary N) is 1. The maximum Gasteiger partial charge on any atom is 0.0900 e. The van der Waals surface area contributed by atoms with Crippen molar-refractivity contribution in [1.29, 1.82) is 0 Å². The van der Waals surface area contributed by atoms with E-state index in [-0.39, 0.29) is 32.3 Å². The van der Waals surface area contributed by atoms with Crippen LogP contribution in [-0.2, 0) is 4.74 Å². The minimum absolute atomic E-state index is 0.0764. The Kier molecular flexibility index (Phi) is 25.3. The van der Waals surface area contributed by atoms with Gasteiger partial charge in [0.15, 0.2) is 0 Å². The molecule has 0 saturated heterocycles. The molecule has 6 N–H and O–H groups in total. The summed E-state index contributed by atoms with van der Waals surface area (Å²) in [6.07, 6.45) is 0.448. The number of hydrogen-bond acceptors (Lipinski definition) is 8. The average Bonchev–Trinajstić information content (AvgIpc) is 2.68. The van der Waals surface area contributed by atoms with Crippen LogP contribution in [0.5, 0.6) is 0 Å². The van der Waals surface area contributed by atoms with Gasteiger partial charge in [0, 0.05) is 45.8 Å². The Morgan fingerprint density at radius 3 is 2.00 bits per heavy atom. The molecule has 0 aliphatic rings. The Labute approximate surface area is 175 Å². The second-order valence-corrected chi connectivity index (χ2v) is 10.6. The van der Waals surface area contributed by atoms with Crippen LogP contribution in [0.1, 0.15) is 12.8 Å². The summed E-state index contributed by atoms with van der Waals surface area (Å²) in [5, 5.41) is 48.4. The lowest BCUT2D eigenvalue weighted by molar-refractivity contribution is 0.0136. The molecule has 28 heavy (non-hydrogen) atoms. The maximum absolute atomic E-state index is 9.66. The van der Waals surface area contributed by atoms with E-state index in [0.717, 1.165) is 19.5 Å². The normalized spacial score (nSPS) is 15.3. The summed E-state index contributed by atoms with van der Waals surface area (Å²) in [4.78, 5) is 1.99. The lowest BCUT2D eigenvalue weighted by atomic mass is 10.2. The van der Waals surface area contributed by atoms with Gasteiger partial charge in [0.25, 0.3) is 0 Å². The van der Waals surface area contributed by atoms with E-state index in [1.54, 1.807) is 7.11 Å². The van der Waals surface area contributed by atoms with Gasteiger partial charge in [0.1, 0.15) is 0 Å². The molecule has 3 unspecified atom stereocenters. The topological polar surface area (TPSA) is 126 Å². The molecule has 0 aromatic heterocycles. The molecule has 0 saturated carbocycles. The van der Waals surface area contributed by atoms with E-state index < -0.39 is 18.3 Å². The Hall–Kier alpha value is 0.114. The van der Waals surface area contributed by atoms with Crippen molar-refractivity contribution < 1.29 is 30.3 Å². The van der Waals surface area contributed by atoms with Crippen molar-refractivity contribution in [1.82, 2.24) is 10.2 Å². The molecule has 0 spiro atoms. The minimum Gasteiger partial charge on any atom is -0.394 e. The Morgan fingerprint density at radius 1 is 0.893 bits per heavy atom. The van der Waals surface area contributed by atoms with E-state index >= 15 is 0 Å². The third-order valence-corrected chi connectivity index (χ3v) is 6.55. The highest BCUT2D eigenvalue weighted by atomic mass is 28.2. The smallest absolute Gasteiger partial charge is 0.0900 e. The number of aliphatic hydroxyl groups excluding tert-OH is 5. The van der Waals surface area contributed by atoms with Crippen LogP contribution < -0.4 is 5.32 Å². The molecule has 0 radical (unpaired) electrons. The molecule has 172 valence electrons. The zero-order valence-corrected chi connectivity index (χ0v) is 21.1. The molecule has 0 amide bonds. The van der Waals surface area contributed by atoms with Crippen molar-refractivity contribution in [2.24, 2.45) is 0 Å². The van der Waals surface area contributed by atoms with Crippen molar-refractivity contribution in [2.75, 3.05) is 59.7 Å².